The van der Waals surface area contributed by atoms with Crippen LogP contribution in [0.5, 0.6) is 0 Å². The molecule has 1 amide bonds. The predicted octanol–water partition coefficient (Wildman–Crippen LogP) is 2.44. The highest BCUT2D eigenvalue weighted by Crippen LogP contribution is 2.24. The van der Waals surface area contributed by atoms with Crippen LogP contribution in [0.25, 0.3) is 5.82 Å². The molecule has 0 radical (unpaired) electrons. The maximum absolute atomic E-state index is 11.5. The third kappa shape index (κ3) is 3.64. The van der Waals surface area contributed by atoms with E-state index in [0.29, 0.717) is 13.0 Å². The number of aryl methyl sites for hydroxylation is 2. The molecular formula is C20H21N5O. The Morgan fingerprint density at radius 1 is 1.08 bits per heavy atom. The van der Waals surface area contributed by atoms with E-state index in [1.165, 1.54) is 5.56 Å². The number of hydrogen-bond donors (Lipinski definition) is 1. The van der Waals surface area contributed by atoms with Crippen molar-refractivity contribution in [2.24, 2.45) is 0 Å². The fraction of sp³-hybridized carbons (Fsp3) is 0.300. The largest absolute Gasteiger partial charge is 0.355 e. The molecule has 1 aliphatic rings. The smallest absolute Gasteiger partial charge is 0.220 e. The molecule has 1 atom stereocenters. The van der Waals surface area contributed by atoms with E-state index < -0.39 is 0 Å². The van der Waals surface area contributed by atoms with Gasteiger partial charge in [0.25, 0.3) is 0 Å². The first-order valence-corrected chi connectivity index (χ1v) is 8.97. The van der Waals surface area contributed by atoms with Crippen LogP contribution in [0.1, 0.15) is 36.0 Å². The average Bonchev–Trinajstić information content (AvgIpc) is 3.13. The molecule has 0 bridgehead atoms. The maximum atomic E-state index is 11.5. The third-order valence-electron chi connectivity index (χ3n) is 4.65. The van der Waals surface area contributed by atoms with Crippen LogP contribution in [-0.4, -0.2) is 32.2 Å². The summed E-state index contributed by atoms with van der Waals surface area (Å²) >= 11 is 0. The average molecular weight is 347 g/mol. The first kappa shape index (κ1) is 16.4. The lowest BCUT2D eigenvalue weighted by molar-refractivity contribution is -0.122. The Hall–Kier alpha value is -3.02. The van der Waals surface area contributed by atoms with Crippen LogP contribution in [0.2, 0.25) is 0 Å². The fourth-order valence-corrected chi connectivity index (χ4v) is 3.24. The van der Waals surface area contributed by atoms with Gasteiger partial charge in [0.15, 0.2) is 11.6 Å². The molecule has 2 aromatic heterocycles. The highest BCUT2D eigenvalue weighted by molar-refractivity contribution is 5.76. The number of carbonyl (C=O) groups is 1. The van der Waals surface area contributed by atoms with Gasteiger partial charge in [-0.1, -0.05) is 36.4 Å². The number of carbonyl (C=O) groups excluding carboxylic acids is 1. The molecule has 1 aliphatic heterocycles. The first-order chi connectivity index (χ1) is 12.8. The summed E-state index contributed by atoms with van der Waals surface area (Å²) in [4.78, 5) is 20.7. The summed E-state index contributed by atoms with van der Waals surface area (Å²) in [5.74, 6) is 2.72. The summed E-state index contributed by atoms with van der Waals surface area (Å²) in [6, 6.07) is 16.1. The van der Waals surface area contributed by atoms with Crippen LogP contribution in [0, 0.1) is 0 Å². The molecule has 132 valence electrons. The molecule has 1 saturated heterocycles. The number of benzene rings is 1. The van der Waals surface area contributed by atoms with Gasteiger partial charge in [-0.2, -0.15) is 4.68 Å². The second kappa shape index (κ2) is 7.47. The van der Waals surface area contributed by atoms with Crippen LogP contribution >= 0.6 is 0 Å². The standard InChI is InChI=1S/C20H21N5O/c26-19-12-10-16(14-22-19)20-23-17(11-9-15-6-2-1-3-7-15)24-25(20)18-8-4-5-13-21-18/h1-8,13,16H,9-12,14H2,(H,22,26)/t16-/m0/s1. The summed E-state index contributed by atoms with van der Waals surface area (Å²) in [6.45, 7) is 0.600. The normalized spacial score (nSPS) is 17.1. The summed E-state index contributed by atoms with van der Waals surface area (Å²) in [7, 11) is 0. The van der Waals surface area contributed by atoms with Gasteiger partial charge in [0.2, 0.25) is 5.91 Å². The van der Waals surface area contributed by atoms with Crippen molar-refractivity contribution in [1.29, 1.82) is 0 Å². The second-order valence-corrected chi connectivity index (χ2v) is 6.51. The SMILES string of the molecule is O=C1CC[C@H](c2nc(CCc3ccccc3)nn2-c2ccccn2)CN1. The number of pyridine rings is 1. The van der Waals surface area contributed by atoms with E-state index in [-0.39, 0.29) is 11.8 Å². The summed E-state index contributed by atoms with van der Waals surface area (Å²) < 4.78 is 1.84. The lowest BCUT2D eigenvalue weighted by atomic mass is 9.98. The van der Waals surface area contributed by atoms with E-state index >= 15 is 0 Å². The molecule has 3 aromatic rings. The van der Waals surface area contributed by atoms with Crippen LogP contribution in [0.15, 0.2) is 54.7 Å². The first-order valence-electron chi connectivity index (χ1n) is 8.97. The van der Waals surface area contributed by atoms with Crippen molar-refractivity contribution in [3.05, 3.63) is 71.9 Å². The van der Waals surface area contributed by atoms with Gasteiger partial charge in [-0.25, -0.2) is 9.97 Å². The van der Waals surface area contributed by atoms with Crippen molar-refractivity contribution in [2.45, 2.75) is 31.6 Å². The zero-order valence-corrected chi connectivity index (χ0v) is 14.5. The number of nitrogens with zero attached hydrogens (tertiary/aromatic N) is 4. The van der Waals surface area contributed by atoms with Gasteiger partial charge in [0.1, 0.15) is 5.82 Å². The molecule has 1 fully saturated rings. The van der Waals surface area contributed by atoms with E-state index in [1.807, 2.05) is 41.1 Å². The molecule has 0 aliphatic carbocycles. The van der Waals surface area contributed by atoms with E-state index in [4.69, 9.17) is 10.1 Å². The monoisotopic (exact) mass is 347 g/mol. The molecule has 0 unspecified atom stereocenters. The second-order valence-electron chi connectivity index (χ2n) is 6.51. The Kier molecular flexibility index (Phi) is 4.73. The van der Waals surface area contributed by atoms with E-state index in [2.05, 4.69) is 22.4 Å². The van der Waals surface area contributed by atoms with Gasteiger partial charge >= 0.3 is 0 Å². The van der Waals surface area contributed by atoms with Crippen LogP contribution in [0.4, 0.5) is 0 Å². The molecule has 26 heavy (non-hydrogen) atoms. The minimum absolute atomic E-state index is 0.106. The zero-order valence-electron chi connectivity index (χ0n) is 14.5. The van der Waals surface area contributed by atoms with Crippen molar-refractivity contribution in [3.8, 4) is 5.82 Å². The highest BCUT2D eigenvalue weighted by Gasteiger charge is 2.26. The van der Waals surface area contributed by atoms with Gasteiger partial charge in [-0.15, -0.1) is 5.10 Å². The number of piperidine rings is 1. The minimum atomic E-state index is 0.106. The quantitative estimate of drug-likeness (QED) is 0.769. The lowest BCUT2D eigenvalue weighted by Crippen LogP contribution is -2.34. The molecule has 4 rings (SSSR count). The lowest BCUT2D eigenvalue weighted by Gasteiger charge is -2.21. The molecule has 6 nitrogen and oxygen atoms in total. The van der Waals surface area contributed by atoms with Gasteiger partial charge in [0, 0.05) is 31.5 Å². The molecule has 3 heterocycles. The van der Waals surface area contributed by atoms with Crippen LogP contribution < -0.4 is 5.32 Å². The molecular weight excluding hydrogens is 326 g/mol. The number of amides is 1. The molecule has 1 N–H and O–H groups in total. The summed E-state index contributed by atoms with van der Waals surface area (Å²) in [6.07, 6.45) is 4.74. The fourth-order valence-electron chi connectivity index (χ4n) is 3.24. The number of aromatic nitrogens is 4. The Labute approximate surface area is 152 Å². The van der Waals surface area contributed by atoms with E-state index in [0.717, 1.165) is 36.7 Å². The van der Waals surface area contributed by atoms with Crippen molar-refractivity contribution < 1.29 is 4.79 Å². The molecule has 0 spiro atoms. The van der Waals surface area contributed by atoms with E-state index in [9.17, 15) is 4.79 Å². The number of rotatable bonds is 5. The maximum Gasteiger partial charge on any atom is 0.220 e. The third-order valence-corrected chi connectivity index (χ3v) is 4.65. The topological polar surface area (TPSA) is 72.7 Å². The Bertz CT molecular complexity index is 866. The van der Waals surface area contributed by atoms with Crippen LogP contribution in [-0.2, 0) is 17.6 Å². The number of hydrogen-bond acceptors (Lipinski definition) is 4. The highest BCUT2D eigenvalue weighted by atomic mass is 16.1. The van der Waals surface area contributed by atoms with Crippen LogP contribution in [0.3, 0.4) is 0 Å². The van der Waals surface area contributed by atoms with Crippen molar-refractivity contribution in [1.82, 2.24) is 25.1 Å². The number of nitrogens with one attached hydrogen (secondary N) is 1. The van der Waals surface area contributed by atoms with Gasteiger partial charge in [-0.3, -0.25) is 4.79 Å². The summed E-state index contributed by atoms with van der Waals surface area (Å²) in [5.41, 5.74) is 1.27. The van der Waals surface area contributed by atoms with E-state index in [1.54, 1.807) is 6.20 Å². The van der Waals surface area contributed by atoms with Crippen molar-refractivity contribution >= 4 is 5.91 Å². The minimum Gasteiger partial charge on any atom is -0.355 e. The predicted molar refractivity (Wildman–Crippen MR) is 98.0 cm³/mol. The van der Waals surface area contributed by atoms with Gasteiger partial charge in [0.05, 0.1) is 0 Å². The zero-order chi connectivity index (χ0) is 17.8. The summed E-state index contributed by atoms with van der Waals surface area (Å²) in [5, 5.41) is 7.66. The Morgan fingerprint density at radius 2 is 1.92 bits per heavy atom. The van der Waals surface area contributed by atoms with Gasteiger partial charge in [-0.05, 0) is 30.5 Å². The molecule has 6 heteroatoms. The Morgan fingerprint density at radius 3 is 2.65 bits per heavy atom. The molecule has 0 saturated carbocycles. The van der Waals surface area contributed by atoms with Crippen molar-refractivity contribution in [3.63, 3.8) is 0 Å². The molecule has 1 aromatic carbocycles. The van der Waals surface area contributed by atoms with Gasteiger partial charge < -0.3 is 5.32 Å². The van der Waals surface area contributed by atoms with Crippen molar-refractivity contribution in [2.75, 3.05) is 6.54 Å². The Balaban J connectivity index is 1.60.